The van der Waals surface area contributed by atoms with Gasteiger partial charge in [0.2, 0.25) is 0 Å². The van der Waals surface area contributed by atoms with Gasteiger partial charge in [-0.15, -0.1) is 0 Å². The molecule has 0 aromatic rings. The van der Waals surface area contributed by atoms with E-state index in [0.717, 1.165) is 6.29 Å². The summed E-state index contributed by atoms with van der Waals surface area (Å²) in [6.07, 6.45) is 6.77. The zero-order valence-electron chi connectivity index (χ0n) is 5.95. The molecule has 3 heteroatoms. The number of carbonyl (C=O) groups excluding carboxylic acids is 1. The Hall–Kier alpha value is -0.930. The van der Waals surface area contributed by atoms with Gasteiger partial charge in [0.1, 0.15) is 6.29 Å². The summed E-state index contributed by atoms with van der Waals surface area (Å²) in [5.74, 6) is -0.535. The zero-order valence-corrected chi connectivity index (χ0v) is 5.95. The first-order valence-corrected chi connectivity index (χ1v) is 3.47. The molecule has 0 amide bonds. The Labute approximate surface area is 64.3 Å². The fraction of sp³-hybridized carbons (Fsp3) is 0.375. The van der Waals surface area contributed by atoms with Crippen LogP contribution >= 0.6 is 0 Å². The van der Waals surface area contributed by atoms with E-state index in [2.05, 4.69) is 0 Å². The van der Waals surface area contributed by atoms with Crippen molar-refractivity contribution in [2.75, 3.05) is 6.79 Å². The highest BCUT2D eigenvalue weighted by atomic mass is 16.9. The standard InChI is InChI=1S/C8H8O3/c9-5-7-1-3-8(4-2-7)10-6-11-8/h1-3,5H,4,6H2. The third-order valence-electron chi connectivity index (χ3n) is 1.89. The molecule has 58 valence electrons. The zero-order chi connectivity index (χ0) is 7.73. The number of hydrogen-bond donors (Lipinski definition) is 0. The predicted octanol–water partition coefficient (Wildman–Crippen LogP) is 0.772. The molecule has 0 unspecified atom stereocenters. The van der Waals surface area contributed by atoms with E-state index in [1.54, 1.807) is 12.2 Å². The first-order chi connectivity index (χ1) is 5.35. The van der Waals surface area contributed by atoms with E-state index in [0.29, 0.717) is 18.8 Å². The van der Waals surface area contributed by atoms with Crippen LogP contribution in [0.1, 0.15) is 6.42 Å². The van der Waals surface area contributed by atoms with Gasteiger partial charge in [0.05, 0.1) is 0 Å². The second kappa shape index (κ2) is 2.29. The minimum absolute atomic E-state index is 0.356. The molecule has 0 aromatic heterocycles. The van der Waals surface area contributed by atoms with Gasteiger partial charge in [0, 0.05) is 12.0 Å². The van der Waals surface area contributed by atoms with Crippen LogP contribution in [0.2, 0.25) is 0 Å². The van der Waals surface area contributed by atoms with Crippen LogP contribution in [-0.4, -0.2) is 18.9 Å². The second-order valence-electron chi connectivity index (χ2n) is 2.58. The van der Waals surface area contributed by atoms with Crippen molar-refractivity contribution in [3.05, 3.63) is 23.8 Å². The van der Waals surface area contributed by atoms with Crippen molar-refractivity contribution in [2.24, 2.45) is 0 Å². The van der Waals surface area contributed by atoms with Gasteiger partial charge in [-0.25, -0.2) is 0 Å². The topological polar surface area (TPSA) is 35.5 Å². The van der Waals surface area contributed by atoms with Crippen molar-refractivity contribution in [1.82, 2.24) is 0 Å². The van der Waals surface area contributed by atoms with Crippen LogP contribution in [0.5, 0.6) is 0 Å². The number of carbonyl (C=O) groups is 1. The molecule has 1 spiro atoms. The van der Waals surface area contributed by atoms with Crippen molar-refractivity contribution in [3.8, 4) is 0 Å². The summed E-state index contributed by atoms with van der Waals surface area (Å²) < 4.78 is 10.4. The lowest BCUT2D eigenvalue weighted by molar-refractivity contribution is -0.370. The minimum Gasteiger partial charge on any atom is -0.320 e. The van der Waals surface area contributed by atoms with Gasteiger partial charge < -0.3 is 9.47 Å². The van der Waals surface area contributed by atoms with E-state index >= 15 is 0 Å². The lowest BCUT2D eigenvalue weighted by atomic mass is 10.0. The molecule has 0 aromatic carbocycles. The van der Waals surface area contributed by atoms with Crippen LogP contribution in [0.25, 0.3) is 0 Å². The largest absolute Gasteiger partial charge is 0.320 e. The van der Waals surface area contributed by atoms with E-state index in [9.17, 15) is 4.79 Å². The Bertz CT molecular complexity index is 236. The number of ether oxygens (including phenoxy) is 2. The SMILES string of the molecule is O=CC1=CCC2(C=C1)OCO2. The normalized spacial score (nSPS) is 26.0. The molecule has 1 aliphatic heterocycles. The van der Waals surface area contributed by atoms with Gasteiger partial charge in [0.15, 0.2) is 12.6 Å². The highest BCUT2D eigenvalue weighted by molar-refractivity contribution is 5.78. The van der Waals surface area contributed by atoms with Gasteiger partial charge in [-0.3, -0.25) is 4.79 Å². The molecule has 11 heavy (non-hydrogen) atoms. The summed E-state index contributed by atoms with van der Waals surface area (Å²) in [4.78, 5) is 10.3. The van der Waals surface area contributed by atoms with E-state index in [-0.39, 0.29) is 0 Å². The summed E-state index contributed by atoms with van der Waals surface area (Å²) in [6.45, 7) is 0.356. The Kier molecular flexibility index (Phi) is 1.41. The molecule has 1 aliphatic carbocycles. The molecule has 2 rings (SSSR count). The molecule has 0 atom stereocenters. The summed E-state index contributed by atoms with van der Waals surface area (Å²) in [7, 11) is 0. The van der Waals surface area contributed by atoms with Crippen LogP contribution in [0.3, 0.4) is 0 Å². The van der Waals surface area contributed by atoms with E-state index in [4.69, 9.17) is 9.47 Å². The molecule has 0 N–H and O–H groups in total. The maximum atomic E-state index is 10.3. The maximum Gasteiger partial charge on any atom is 0.196 e. The number of rotatable bonds is 1. The first-order valence-electron chi connectivity index (χ1n) is 3.47. The molecular weight excluding hydrogens is 144 g/mol. The molecule has 1 saturated heterocycles. The van der Waals surface area contributed by atoms with Crippen LogP contribution in [0.4, 0.5) is 0 Å². The Morgan fingerprint density at radius 2 is 2.36 bits per heavy atom. The first kappa shape index (κ1) is 6.76. The average molecular weight is 152 g/mol. The molecule has 0 radical (unpaired) electrons. The van der Waals surface area contributed by atoms with Gasteiger partial charge in [-0.05, 0) is 6.08 Å². The van der Waals surface area contributed by atoms with Crippen LogP contribution in [0.15, 0.2) is 23.8 Å². The quantitative estimate of drug-likeness (QED) is 0.520. The highest BCUT2D eigenvalue weighted by Gasteiger charge is 2.37. The molecule has 0 saturated carbocycles. The smallest absolute Gasteiger partial charge is 0.196 e. The van der Waals surface area contributed by atoms with E-state index in [1.165, 1.54) is 0 Å². The van der Waals surface area contributed by atoms with Gasteiger partial charge >= 0.3 is 0 Å². The fourth-order valence-electron chi connectivity index (χ4n) is 1.13. The summed E-state index contributed by atoms with van der Waals surface area (Å²) in [5.41, 5.74) is 0.690. The number of aldehydes is 1. The molecule has 3 nitrogen and oxygen atoms in total. The fourth-order valence-corrected chi connectivity index (χ4v) is 1.13. The van der Waals surface area contributed by atoms with Crippen molar-refractivity contribution in [2.45, 2.75) is 12.2 Å². The molecule has 1 heterocycles. The predicted molar refractivity (Wildman–Crippen MR) is 37.7 cm³/mol. The van der Waals surface area contributed by atoms with Crippen molar-refractivity contribution in [1.29, 1.82) is 0 Å². The number of hydrogen-bond acceptors (Lipinski definition) is 3. The summed E-state index contributed by atoms with van der Waals surface area (Å²) in [5, 5.41) is 0. The Morgan fingerprint density at radius 3 is 2.73 bits per heavy atom. The maximum absolute atomic E-state index is 10.3. The van der Waals surface area contributed by atoms with Crippen LogP contribution in [0, 0.1) is 0 Å². The lowest BCUT2D eigenvalue weighted by Gasteiger charge is -2.39. The molecular formula is C8H8O3. The Balaban J connectivity index is 2.11. The monoisotopic (exact) mass is 152 g/mol. The molecule has 1 fully saturated rings. The second-order valence-corrected chi connectivity index (χ2v) is 2.58. The van der Waals surface area contributed by atoms with Crippen molar-refractivity contribution in [3.63, 3.8) is 0 Å². The summed E-state index contributed by atoms with van der Waals surface area (Å²) >= 11 is 0. The molecule has 0 bridgehead atoms. The average Bonchev–Trinajstić information content (AvgIpc) is 2.02. The van der Waals surface area contributed by atoms with E-state index in [1.807, 2.05) is 6.08 Å². The lowest BCUT2D eigenvalue weighted by Crippen LogP contribution is -2.45. The van der Waals surface area contributed by atoms with Crippen LogP contribution in [-0.2, 0) is 14.3 Å². The third kappa shape index (κ3) is 1.02. The Morgan fingerprint density at radius 1 is 1.55 bits per heavy atom. The summed E-state index contributed by atoms with van der Waals surface area (Å²) in [6, 6.07) is 0. The van der Waals surface area contributed by atoms with Gasteiger partial charge in [0.25, 0.3) is 0 Å². The van der Waals surface area contributed by atoms with Crippen molar-refractivity contribution >= 4 is 6.29 Å². The highest BCUT2D eigenvalue weighted by Crippen LogP contribution is 2.32. The molecule has 2 aliphatic rings. The third-order valence-corrected chi connectivity index (χ3v) is 1.89. The van der Waals surface area contributed by atoms with Crippen LogP contribution < -0.4 is 0 Å². The minimum atomic E-state index is -0.535. The van der Waals surface area contributed by atoms with Crippen molar-refractivity contribution < 1.29 is 14.3 Å². The van der Waals surface area contributed by atoms with Gasteiger partial charge in [-0.2, -0.15) is 0 Å². The number of allylic oxidation sites excluding steroid dienone is 2. The van der Waals surface area contributed by atoms with Gasteiger partial charge in [-0.1, -0.05) is 12.2 Å². The van der Waals surface area contributed by atoms with E-state index < -0.39 is 5.79 Å².